The van der Waals surface area contributed by atoms with E-state index in [0.717, 1.165) is 42.8 Å². The quantitative estimate of drug-likeness (QED) is 0.877. The number of fused-ring (bicyclic) bond motifs is 1. The molecule has 1 unspecified atom stereocenters. The van der Waals surface area contributed by atoms with Crippen LogP contribution in [0.2, 0.25) is 0 Å². The fourth-order valence-corrected chi connectivity index (χ4v) is 3.56. The summed E-state index contributed by atoms with van der Waals surface area (Å²) in [6.45, 7) is 11.7. The van der Waals surface area contributed by atoms with Crippen LogP contribution < -0.4 is 5.32 Å². The fraction of sp³-hybridized carbons (Fsp3) is 0.591. The van der Waals surface area contributed by atoms with Gasteiger partial charge in [0.1, 0.15) is 12.4 Å². The molecule has 0 spiro atoms. The lowest BCUT2D eigenvalue weighted by atomic mass is 9.95. The predicted molar refractivity (Wildman–Crippen MR) is 111 cm³/mol. The van der Waals surface area contributed by atoms with Gasteiger partial charge in [-0.05, 0) is 37.8 Å². The molecule has 0 saturated carbocycles. The summed E-state index contributed by atoms with van der Waals surface area (Å²) in [5.41, 5.74) is 1.29. The van der Waals surface area contributed by atoms with Gasteiger partial charge in [0.2, 0.25) is 11.8 Å². The lowest BCUT2D eigenvalue weighted by Gasteiger charge is -2.31. The summed E-state index contributed by atoms with van der Waals surface area (Å²) in [5, 5.41) is 3.05. The number of carbonyl (C=O) groups excluding carboxylic acids is 2. The first kappa shape index (κ1) is 20.4. The fourth-order valence-electron chi connectivity index (χ4n) is 3.56. The second kappa shape index (κ2) is 7.94. The molecule has 1 aliphatic rings. The highest BCUT2D eigenvalue weighted by Crippen LogP contribution is 2.24. The van der Waals surface area contributed by atoms with E-state index >= 15 is 0 Å². The first-order valence-electron chi connectivity index (χ1n) is 10.2. The van der Waals surface area contributed by atoms with E-state index in [1.807, 2.05) is 61.4 Å². The van der Waals surface area contributed by atoms with Gasteiger partial charge < -0.3 is 14.8 Å². The Morgan fingerprint density at radius 3 is 2.50 bits per heavy atom. The van der Waals surface area contributed by atoms with Crippen molar-refractivity contribution in [3.05, 3.63) is 30.1 Å². The zero-order valence-corrected chi connectivity index (χ0v) is 17.7. The number of amides is 2. The molecule has 1 aromatic carbocycles. The topological polar surface area (TPSA) is 67.2 Å². The van der Waals surface area contributed by atoms with Crippen LogP contribution in [0.15, 0.2) is 24.3 Å². The molecule has 2 heterocycles. The second-order valence-electron chi connectivity index (χ2n) is 9.05. The number of hydrogen-bond acceptors (Lipinski definition) is 3. The van der Waals surface area contributed by atoms with Crippen molar-refractivity contribution in [2.24, 2.45) is 11.3 Å². The lowest BCUT2D eigenvalue weighted by Crippen LogP contribution is -2.41. The Balaban J connectivity index is 1.87. The molecule has 3 rings (SSSR count). The number of para-hydroxylation sites is 2. The van der Waals surface area contributed by atoms with E-state index in [-0.39, 0.29) is 24.4 Å². The van der Waals surface area contributed by atoms with E-state index in [1.165, 1.54) is 0 Å². The van der Waals surface area contributed by atoms with Crippen molar-refractivity contribution >= 4 is 22.8 Å². The van der Waals surface area contributed by atoms with Gasteiger partial charge in [0.15, 0.2) is 0 Å². The van der Waals surface area contributed by atoms with Gasteiger partial charge in [-0.3, -0.25) is 9.59 Å². The maximum absolute atomic E-state index is 13.0. The molecular weight excluding hydrogens is 352 g/mol. The third kappa shape index (κ3) is 4.37. The number of carbonyl (C=O) groups is 2. The van der Waals surface area contributed by atoms with E-state index in [0.29, 0.717) is 5.92 Å². The summed E-state index contributed by atoms with van der Waals surface area (Å²) in [5.74, 6) is 1.49. The van der Waals surface area contributed by atoms with Crippen molar-refractivity contribution in [1.82, 2.24) is 19.8 Å². The Morgan fingerprint density at radius 1 is 1.21 bits per heavy atom. The van der Waals surface area contributed by atoms with Gasteiger partial charge in [-0.15, -0.1) is 0 Å². The van der Waals surface area contributed by atoms with E-state index in [9.17, 15) is 9.59 Å². The van der Waals surface area contributed by atoms with Crippen LogP contribution in [0.5, 0.6) is 0 Å². The van der Waals surface area contributed by atoms with Crippen molar-refractivity contribution in [2.75, 3.05) is 13.1 Å². The first-order valence-corrected chi connectivity index (χ1v) is 10.2. The van der Waals surface area contributed by atoms with E-state index in [2.05, 4.69) is 12.2 Å². The van der Waals surface area contributed by atoms with Crippen molar-refractivity contribution in [3.8, 4) is 0 Å². The predicted octanol–water partition coefficient (Wildman–Crippen LogP) is 3.52. The van der Waals surface area contributed by atoms with Crippen LogP contribution >= 0.6 is 0 Å². The number of benzene rings is 1. The SMILES string of the molecule is CC1CCN(C(=O)Cn2c(C(C)NC(=O)C(C)(C)C)nc3ccccc32)CC1. The molecular formula is C22H32N4O2. The van der Waals surface area contributed by atoms with Gasteiger partial charge in [0.05, 0.1) is 17.1 Å². The van der Waals surface area contributed by atoms with Crippen molar-refractivity contribution < 1.29 is 9.59 Å². The highest BCUT2D eigenvalue weighted by molar-refractivity contribution is 5.83. The standard InChI is InChI=1S/C22H32N4O2/c1-15-10-12-25(13-11-15)19(27)14-26-18-9-7-6-8-17(18)24-20(26)16(2)23-21(28)22(3,4)5/h6-9,15-16H,10-14H2,1-5H3,(H,23,28). The van der Waals surface area contributed by atoms with Crippen molar-refractivity contribution in [3.63, 3.8) is 0 Å². The maximum Gasteiger partial charge on any atom is 0.242 e. The number of aromatic nitrogens is 2. The molecule has 1 aliphatic heterocycles. The van der Waals surface area contributed by atoms with Crippen LogP contribution in [0.1, 0.15) is 59.3 Å². The van der Waals surface area contributed by atoms with Crippen LogP contribution in [0, 0.1) is 11.3 Å². The van der Waals surface area contributed by atoms with Crippen LogP contribution in [0.4, 0.5) is 0 Å². The molecule has 2 aromatic rings. The zero-order valence-electron chi connectivity index (χ0n) is 17.7. The second-order valence-corrected chi connectivity index (χ2v) is 9.05. The van der Waals surface area contributed by atoms with E-state index in [1.54, 1.807) is 0 Å². The molecule has 1 atom stereocenters. The van der Waals surface area contributed by atoms with Gasteiger partial charge in [0.25, 0.3) is 0 Å². The molecule has 1 aromatic heterocycles. The first-order chi connectivity index (χ1) is 13.2. The van der Waals surface area contributed by atoms with Gasteiger partial charge in [-0.2, -0.15) is 0 Å². The van der Waals surface area contributed by atoms with Crippen LogP contribution in [0.25, 0.3) is 11.0 Å². The maximum atomic E-state index is 13.0. The molecule has 28 heavy (non-hydrogen) atoms. The largest absolute Gasteiger partial charge is 0.346 e. The molecule has 6 nitrogen and oxygen atoms in total. The summed E-state index contributed by atoms with van der Waals surface area (Å²) in [7, 11) is 0. The lowest BCUT2D eigenvalue weighted by molar-refractivity contribution is -0.133. The summed E-state index contributed by atoms with van der Waals surface area (Å²) in [6, 6.07) is 7.54. The minimum absolute atomic E-state index is 0.0325. The average Bonchev–Trinajstić information content (AvgIpc) is 3.00. The highest BCUT2D eigenvalue weighted by atomic mass is 16.2. The molecule has 152 valence electrons. The van der Waals surface area contributed by atoms with Crippen molar-refractivity contribution in [1.29, 1.82) is 0 Å². The number of rotatable bonds is 4. The van der Waals surface area contributed by atoms with Gasteiger partial charge in [-0.25, -0.2) is 4.98 Å². The Labute approximate surface area is 167 Å². The van der Waals surface area contributed by atoms with Crippen molar-refractivity contribution in [2.45, 2.75) is 60.0 Å². The smallest absolute Gasteiger partial charge is 0.242 e. The Kier molecular flexibility index (Phi) is 5.77. The molecule has 0 aliphatic carbocycles. The minimum Gasteiger partial charge on any atom is -0.346 e. The number of piperidine rings is 1. The van der Waals surface area contributed by atoms with E-state index in [4.69, 9.17) is 4.98 Å². The molecule has 2 amide bonds. The minimum atomic E-state index is -0.481. The number of hydrogen-bond donors (Lipinski definition) is 1. The summed E-state index contributed by atoms with van der Waals surface area (Å²) in [6.07, 6.45) is 2.11. The van der Waals surface area contributed by atoms with Gasteiger partial charge >= 0.3 is 0 Å². The van der Waals surface area contributed by atoms with E-state index < -0.39 is 5.41 Å². The van der Waals surface area contributed by atoms with Gasteiger partial charge in [0, 0.05) is 18.5 Å². The molecule has 0 radical (unpaired) electrons. The Morgan fingerprint density at radius 2 is 1.86 bits per heavy atom. The summed E-state index contributed by atoms with van der Waals surface area (Å²) >= 11 is 0. The number of likely N-dealkylation sites (tertiary alicyclic amines) is 1. The number of nitrogens with one attached hydrogen (secondary N) is 1. The molecule has 6 heteroatoms. The molecule has 0 bridgehead atoms. The Hall–Kier alpha value is -2.37. The normalized spacial score (nSPS) is 17.0. The average molecular weight is 385 g/mol. The van der Waals surface area contributed by atoms with Crippen LogP contribution in [-0.2, 0) is 16.1 Å². The number of imidazole rings is 1. The third-order valence-electron chi connectivity index (χ3n) is 5.53. The summed E-state index contributed by atoms with van der Waals surface area (Å²) < 4.78 is 1.96. The van der Waals surface area contributed by atoms with Crippen LogP contribution in [0.3, 0.4) is 0 Å². The molecule has 1 fully saturated rings. The summed E-state index contributed by atoms with van der Waals surface area (Å²) in [4.78, 5) is 32.1. The van der Waals surface area contributed by atoms with Crippen LogP contribution in [-0.4, -0.2) is 39.4 Å². The van der Waals surface area contributed by atoms with Gasteiger partial charge in [-0.1, -0.05) is 39.8 Å². The number of nitrogens with zero attached hydrogens (tertiary/aromatic N) is 3. The highest BCUT2D eigenvalue weighted by Gasteiger charge is 2.27. The zero-order chi connectivity index (χ0) is 20.5. The monoisotopic (exact) mass is 384 g/mol. The molecule has 1 saturated heterocycles. The third-order valence-corrected chi connectivity index (χ3v) is 5.53. The molecule has 1 N–H and O–H groups in total. The Bertz CT molecular complexity index is 857.